The maximum absolute atomic E-state index is 11.0. The number of hydrogen-bond donors (Lipinski definition) is 0. The Kier molecular flexibility index (Phi) is 20.6. The van der Waals surface area contributed by atoms with Gasteiger partial charge in [0, 0.05) is 19.0 Å². The van der Waals surface area contributed by atoms with E-state index in [2.05, 4.69) is 6.92 Å². The van der Waals surface area contributed by atoms with E-state index in [1.54, 1.807) is 0 Å². The second kappa shape index (κ2) is 20.8. The van der Waals surface area contributed by atoms with Crippen molar-refractivity contribution >= 4 is 17.1 Å². The van der Waals surface area contributed by atoms with Gasteiger partial charge >= 0.3 is 5.30 Å². The van der Waals surface area contributed by atoms with Crippen LogP contribution in [0, 0.1) is 0 Å². The van der Waals surface area contributed by atoms with Crippen LogP contribution in [0.5, 0.6) is 0 Å². The molecule has 24 heavy (non-hydrogen) atoms. The Balaban J connectivity index is 0.000000728. The monoisotopic (exact) mass is 360 g/mol. The minimum atomic E-state index is -0.117. The first-order valence-electron chi connectivity index (χ1n) is 10.2. The Morgan fingerprint density at radius 1 is 0.833 bits per heavy atom. The molecule has 1 saturated heterocycles. The van der Waals surface area contributed by atoms with Gasteiger partial charge in [-0.3, -0.25) is 0 Å². The maximum Gasteiger partial charge on any atom is 0.367 e. The van der Waals surface area contributed by atoms with Crippen LogP contribution in [0.15, 0.2) is 0 Å². The van der Waals surface area contributed by atoms with Gasteiger partial charge in [0.05, 0.1) is 6.61 Å². The van der Waals surface area contributed by atoms with Gasteiger partial charge < -0.3 is 9.47 Å². The predicted molar refractivity (Wildman–Crippen MR) is 106 cm³/mol. The molecule has 1 aliphatic rings. The number of carbonyl (C=O) groups is 1. The van der Waals surface area contributed by atoms with Crippen molar-refractivity contribution < 1.29 is 14.3 Å². The van der Waals surface area contributed by atoms with Crippen LogP contribution in [-0.2, 0) is 9.47 Å². The fourth-order valence-electron chi connectivity index (χ4n) is 2.59. The normalized spacial score (nSPS) is 13.9. The summed E-state index contributed by atoms with van der Waals surface area (Å²) < 4.78 is 10.1. The van der Waals surface area contributed by atoms with E-state index in [9.17, 15) is 4.79 Å². The number of carbonyl (C=O) groups excluding carboxylic acids is 1. The first kappa shape index (κ1) is 23.8. The minimum Gasteiger partial charge on any atom is -0.458 e. The van der Waals surface area contributed by atoms with E-state index >= 15 is 0 Å². The lowest BCUT2D eigenvalue weighted by atomic mass is 10.1. The lowest BCUT2D eigenvalue weighted by molar-refractivity contribution is 0.0968. The van der Waals surface area contributed by atoms with Gasteiger partial charge in [-0.15, -0.1) is 0 Å². The summed E-state index contributed by atoms with van der Waals surface area (Å²) in [7, 11) is 0. The van der Waals surface area contributed by atoms with Gasteiger partial charge in [0.1, 0.15) is 0 Å². The summed E-state index contributed by atoms with van der Waals surface area (Å²) in [6.45, 7) is 6.82. The molecule has 0 aromatic rings. The third-order valence-corrected chi connectivity index (χ3v) is 4.70. The Hall–Kier alpha value is -0.220. The molecule has 0 N–H and O–H groups in total. The quantitative estimate of drug-likeness (QED) is 0.278. The molecule has 0 atom stereocenters. The fourth-order valence-corrected chi connectivity index (χ4v) is 2.99. The third kappa shape index (κ3) is 19.8. The number of thioether (sulfide) groups is 1. The summed E-state index contributed by atoms with van der Waals surface area (Å²) in [5, 5.41) is -0.117. The molecule has 3 nitrogen and oxygen atoms in total. The number of hydrogen-bond acceptors (Lipinski definition) is 4. The average Bonchev–Trinajstić information content (AvgIpc) is 2.62. The van der Waals surface area contributed by atoms with Crippen LogP contribution in [0.3, 0.4) is 0 Å². The molecule has 1 aliphatic heterocycles. The van der Waals surface area contributed by atoms with Crippen LogP contribution in [0.1, 0.15) is 97.3 Å². The highest BCUT2D eigenvalue weighted by molar-refractivity contribution is 8.13. The van der Waals surface area contributed by atoms with Gasteiger partial charge in [-0.05, 0) is 37.4 Å². The highest BCUT2D eigenvalue weighted by Gasteiger charge is 2.00. The van der Waals surface area contributed by atoms with E-state index in [4.69, 9.17) is 9.47 Å². The van der Waals surface area contributed by atoms with Gasteiger partial charge in [0.25, 0.3) is 0 Å². The molecule has 1 heterocycles. The van der Waals surface area contributed by atoms with Crippen molar-refractivity contribution in [2.24, 2.45) is 0 Å². The second-order valence-corrected chi connectivity index (χ2v) is 7.59. The maximum atomic E-state index is 11.0. The summed E-state index contributed by atoms with van der Waals surface area (Å²) >= 11 is 1.25. The van der Waals surface area contributed by atoms with Gasteiger partial charge in [-0.1, -0.05) is 71.6 Å². The Morgan fingerprint density at radius 3 is 1.79 bits per heavy atom. The SMILES string of the molecule is C1CCOCC1.CCCCCCCCCCCCOC(=O)SCC. The number of rotatable bonds is 12. The van der Waals surface area contributed by atoms with Crippen molar-refractivity contribution in [3.05, 3.63) is 0 Å². The number of ether oxygens (including phenoxy) is 2. The smallest absolute Gasteiger partial charge is 0.367 e. The molecule has 0 radical (unpaired) electrons. The van der Waals surface area contributed by atoms with Crippen LogP contribution >= 0.6 is 11.8 Å². The van der Waals surface area contributed by atoms with Gasteiger partial charge in [0.2, 0.25) is 0 Å². The molecule has 0 spiro atoms. The topological polar surface area (TPSA) is 35.5 Å². The molecule has 0 aromatic heterocycles. The molecule has 1 fully saturated rings. The van der Waals surface area contributed by atoms with Gasteiger partial charge in [0.15, 0.2) is 0 Å². The van der Waals surface area contributed by atoms with Crippen molar-refractivity contribution in [1.29, 1.82) is 0 Å². The molecule has 0 amide bonds. The Morgan fingerprint density at radius 2 is 1.38 bits per heavy atom. The third-order valence-electron chi connectivity index (χ3n) is 4.06. The van der Waals surface area contributed by atoms with Crippen LogP contribution in [0.4, 0.5) is 4.79 Å². The molecule has 144 valence electrons. The zero-order chi connectivity index (χ0) is 17.7. The average molecular weight is 361 g/mol. The molecular formula is C20H40O3S. The molecule has 0 bridgehead atoms. The van der Waals surface area contributed by atoms with E-state index in [0.717, 1.165) is 25.4 Å². The molecule has 0 aliphatic carbocycles. The number of unbranched alkanes of at least 4 members (excludes halogenated alkanes) is 9. The van der Waals surface area contributed by atoms with E-state index < -0.39 is 0 Å². The molecule has 0 saturated carbocycles. The van der Waals surface area contributed by atoms with Crippen LogP contribution in [0.2, 0.25) is 0 Å². The van der Waals surface area contributed by atoms with Crippen molar-refractivity contribution in [2.45, 2.75) is 97.3 Å². The summed E-state index contributed by atoms with van der Waals surface area (Å²) in [6, 6.07) is 0. The molecule has 1 rings (SSSR count). The molecular weight excluding hydrogens is 320 g/mol. The largest absolute Gasteiger partial charge is 0.458 e. The minimum absolute atomic E-state index is 0.117. The van der Waals surface area contributed by atoms with E-state index in [-0.39, 0.29) is 5.30 Å². The van der Waals surface area contributed by atoms with Crippen LogP contribution in [-0.4, -0.2) is 30.9 Å². The molecule has 4 heteroatoms. The standard InChI is InChI=1S/C15H30O2S.C5H10O/c1-3-5-6-7-8-9-10-11-12-13-14-17-15(16)18-4-2;1-2-4-6-5-3-1/h3-14H2,1-2H3;1-5H2. The molecule has 0 aromatic carbocycles. The van der Waals surface area contributed by atoms with Crippen molar-refractivity contribution in [2.75, 3.05) is 25.6 Å². The first-order chi connectivity index (χ1) is 11.8. The van der Waals surface area contributed by atoms with E-state index in [1.165, 1.54) is 88.8 Å². The van der Waals surface area contributed by atoms with Gasteiger partial charge in [-0.25, -0.2) is 4.79 Å². The zero-order valence-electron chi connectivity index (χ0n) is 16.2. The Labute approximate surface area is 154 Å². The highest BCUT2D eigenvalue weighted by Crippen LogP contribution is 2.11. The predicted octanol–water partition coefficient (Wildman–Crippen LogP) is 6.98. The lowest BCUT2D eigenvalue weighted by Gasteiger charge is -2.08. The zero-order valence-corrected chi connectivity index (χ0v) is 17.0. The lowest BCUT2D eigenvalue weighted by Crippen LogP contribution is -2.03. The Bertz CT molecular complexity index is 244. The summed E-state index contributed by atoms with van der Waals surface area (Å²) in [5.74, 6) is 0.802. The van der Waals surface area contributed by atoms with Crippen molar-refractivity contribution in [1.82, 2.24) is 0 Å². The summed E-state index contributed by atoms with van der Waals surface area (Å²) in [5.41, 5.74) is 0. The van der Waals surface area contributed by atoms with Crippen LogP contribution in [0.25, 0.3) is 0 Å². The fraction of sp³-hybridized carbons (Fsp3) is 0.950. The molecule has 0 unspecified atom stereocenters. The first-order valence-corrected chi connectivity index (χ1v) is 11.2. The highest BCUT2D eigenvalue weighted by atomic mass is 32.2. The van der Waals surface area contributed by atoms with Crippen LogP contribution < -0.4 is 0 Å². The van der Waals surface area contributed by atoms with Gasteiger partial charge in [-0.2, -0.15) is 0 Å². The van der Waals surface area contributed by atoms with Crippen molar-refractivity contribution in [3.63, 3.8) is 0 Å². The summed E-state index contributed by atoms with van der Waals surface area (Å²) in [6.07, 6.45) is 17.1. The van der Waals surface area contributed by atoms with E-state index in [0.29, 0.717) is 6.61 Å². The van der Waals surface area contributed by atoms with Crippen molar-refractivity contribution in [3.8, 4) is 0 Å². The second-order valence-electron chi connectivity index (χ2n) is 6.39. The van der Waals surface area contributed by atoms with E-state index in [1.807, 2.05) is 6.92 Å². The summed E-state index contributed by atoms with van der Waals surface area (Å²) in [4.78, 5) is 11.0.